The first-order valence-corrected chi connectivity index (χ1v) is 12.6. The van der Waals surface area contributed by atoms with E-state index in [4.69, 9.17) is 14.6 Å². The van der Waals surface area contributed by atoms with Crippen LogP contribution in [0.15, 0.2) is 85.1 Å². The van der Waals surface area contributed by atoms with Crippen LogP contribution in [-0.2, 0) is 11.2 Å². The van der Waals surface area contributed by atoms with Crippen molar-refractivity contribution in [2.45, 2.75) is 12.8 Å². The van der Waals surface area contributed by atoms with Gasteiger partial charge in [-0.2, -0.15) is 5.10 Å². The van der Waals surface area contributed by atoms with Crippen LogP contribution < -0.4 is 14.4 Å². The van der Waals surface area contributed by atoms with Gasteiger partial charge in [-0.15, -0.1) is 0 Å². The second-order valence-electron chi connectivity index (χ2n) is 9.05. The molecule has 1 fully saturated rings. The molecule has 1 aromatic heterocycles. The summed E-state index contributed by atoms with van der Waals surface area (Å²) in [5.41, 5.74) is 4.79. The Bertz CT molecular complexity index is 1330. The highest BCUT2D eigenvalue weighted by atomic mass is 16.5. The minimum Gasteiger partial charge on any atom is -0.497 e. The Morgan fingerprint density at radius 2 is 1.51 bits per heavy atom. The standard InChI is InChI=1S/C30H32N4O3/c1-36-26-14-15-28(37-2)27(21-26)30-23(22-34(31-30)25-11-7-4-8-12-25)13-16-29(35)33-19-17-32(18-20-33)24-9-5-3-6-10-24/h3-12,14-15,21-22H,13,16-20H2,1-2H3. The predicted molar refractivity (Wildman–Crippen MR) is 146 cm³/mol. The fourth-order valence-electron chi connectivity index (χ4n) is 4.78. The summed E-state index contributed by atoms with van der Waals surface area (Å²) in [7, 11) is 3.29. The van der Waals surface area contributed by atoms with Crippen molar-refractivity contribution in [3.63, 3.8) is 0 Å². The predicted octanol–water partition coefficient (Wildman–Crippen LogP) is 4.84. The summed E-state index contributed by atoms with van der Waals surface area (Å²) in [5.74, 6) is 1.61. The lowest BCUT2D eigenvalue weighted by Crippen LogP contribution is -2.48. The monoisotopic (exact) mass is 496 g/mol. The molecule has 7 heteroatoms. The first-order valence-electron chi connectivity index (χ1n) is 12.6. The highest BCUT2D eigenvalue weighted by Crippen LogP contribution is 2.35. The average molecular weight is 497 g/mol. The summed E-state index contributed by atoms with van der Waals surface area (Å²) in [6, 6.07) is 26.1. The number of methoxy groups -OCH3 is 2. The number of carbonyl (C=O) groups is 1. The molecule has 0 unspecified atom stereocenters. The van der Waals surface area contributed by atoms with Crippen LogP contribution in [-0.4, -0.2) is 61.0 Å². The zero-order valence-corrected chi connectivity index (χ0v) is 21.3. The van der Waals surface area contributed by atoms with Crippen molar-refractivity contribution in [1.82, 2.24) is 14.7 Å². The second-order valence-corrected chi connectivity index (χ2v) is 9.05. The van der Waals surface area contributed by atoms with E-state index < -0.39 is 0 Å². The molecule has 1 saturated heterocycles. The molecule has 7 nitrogen and oxygen atoms in total. The van der Waals surface area contributed by atoms with Crippen molar-refractivity contribution in [2.24, 2.45) is 0 Å². The van der Waals surface area contributed by atoms with Crippen LogP contribution in [0.2, 0.25) is 0 Å². The Hall–Kier alpha value is -4.26. The van der Waals surface area contributed by atoms with Gasteiger partial charge < -0.3 is 19.3 Å². The maximum atomic E-state index is 13.2. The molecule has 4 aromatic rings. The van der Waals surface area contributed by atoms with Crippen LogP contribution in [0.3, 0.4) is 0 Å². The van der Waals surface area contributed by atoms with Gasteiger partial charge >= 0.3 is 0 Å². The number of aromatic nitrogens is 2. The Labute approximate surface area is 217 Å². The van der Waals surface area contributed by atoms with Crippen LogP contribution in [0.1, 0.15) is 12.0 Å². The number of para-hydroxylation sites is 2. The van der Waals surface area contributed by atoms with Gasteiger partial charge in [0.1, 0.15) is 11.5 Å². The number of rotatable bonds is 8. The molecule has 1 aliphatic rings. The van der Waals surface area contributed by atoms with E-state index in [1.54, 1.807) is 14.2 Å². The van der Waals surface area contributed by atoms with Crippen LogP contribution in [0.25, 0.3) is 16.9 Å². The Kier molecular flexibility index (Phi) is 7.40. The topological polar surface area (TPSA) is 59.8 Å². The van der Waals surface area contributed by atoms with Crippen molar-refractivity contribution in [3.05, 3.63) is 90.6 Å². The molecule has 0 N–H and O–H groups in total. The molecule has 0 radical (unpaired) electrons. The van der Waals surface area contributed by atoms with Gasteiger partial charge in [0, 0.05) is 50.0 Å². The van der Waals surface area contributed by atoms with Crippen LogP contribution in [0.5, 0.6) is 11.5 Å². The number of anilines is 1. The minimum absolute atomic E-state index is 0.170. The fourth-order valence-corrected chi connectivity index (χ4v) is 4.78. The van der Waals surface area contributed by atoms with Gasteiger partial charge in [0.05, 0.1) is 25.6 Å². The zero-order chi connectivity index (χ0) is 25.6. The number of aryl methyl sites for hydroxylation is 1. The lowest BCUT2D eigenvalue weighted by atomic mass is 10.0. The lowest BCUT2D eigenvalue weighted by Gasteiger charge is -2.36. The van der Waals surface area contributed by atoms with Gasteiger partial charge in [0.2, 0.25) is 5.91 Å². The maximum absolute atomic E-state index is 13.2. The number of amides is 1. The van der Waals surface area contributed by atoms with Crippen molar-refractivity contribution >= 4 is 11.6 Å². The highest BCUT2D eigenvalue weighted by Gasteiger charge is 2.23. The SMILES string of the molecule is COc1ccc(OC)c(-c2nn(-c3ccccc3)cc2CCC(=O)N2CCN(c3ccccc3)CC2)c1. The van der Waals surface area contributed by atoms with Crippen LogP contribution in [0, 0.1) is 0 Å². The van der Waals surface area contributed by atoms with Gasteiger partial charge in [-0.25, -0.2) is 4.68 Å². The van der Waals surface area contributed by atoms with Gasteiger partial charge in [0.15, 0.2) is 0 Å². The molecule has 37 heavy (non-hydrogen) atoms. The number of piperazine rings is 1. The van der Waals surface area contributed by atoms with E-state index in [1.807, 2.05) is 70.4 Å². The van der Waals surface area contributed by atoms with Crippen molar-refractivity contribution < 1.29 is 14.3 Å². The Morgan fingerprint density at radius 3 is 2.16 bits per heavy atom. The van der Waals surface area contributed by atoms with Gasteiger partial charge in [-0.05, 0) is 54.4 Å². The first-order chi connectivity index (χ1) is 18.2. The zero-order valence-electron chi connectivity index (χ0n) is 21.3. The van der Waals surface area contributed by atoms with Crippen molar-refractivity contribution in [3.8, 4) is 28.4 Å². The van der Waals surface area contributed by atoms with Crippen LogP contribution >= 0.6 is 0 Å². The third-order valence-corrected chi connectivity index (χ3v) is 6.83. The number of carbonyl (C=O) groups excluding carboxylic acids is 1. The molecular formula is C30H32N4O3. The van der Waals surface area contributed by atoms with E-state index in [0.29, 0.717) is 18.6 Å². The molecule has 0 bridgehead atoms. The molecule has 1 amide bonds. The third kappa shape index (κ3) is 5.45. The summed E-state index contributed by atoms with van der Waals surface area (Å²) >= 11 is 0. The lowest BCUT2D eigenvalue weighted by molar-refractivity contribution is -0.131. The average Bonchev–Trinajstić information content (AvgIpc) is 3.40. The first kappa shape index (κ1) is 24.4. The number of benzene rings is 3. The molecule has 0 aliphatic carbocycles. The fraction of sp³-hybridized carbons (Fsp3) is 0.267. The highest BCUT2D eigenvalue weighted by molar-refractivity contribution is 5.78. The quantitative estimate of drug-likeness (QED) is 0.349. The number of hydrogen-bond acceptors (Lipinski definition) is 5. The van der Waals surface area contributed by atoms with E-state index in [1.165, 1.54) is 5.69 Å². The summed E-state index contributed by atoms with van der Waals surface area (Å²) in [6.07, 6.45) is 3.02. The molecule has 0 atom stereocenters. The number of ether oxygens (including phenoxy) is 2. The summed E-state index contributed by atoms with van der Waals surface area (Å²) in [6.45, 7) is 3.14. The van der Waals surface area contributed by atoms with Crippen molar-refractivity contribution in [1.29, 1.82) is 0 Å². The molecule has 1 aliphatic heterocycles. The number of hydrogen-bond donors (Lipinski definition) is 0. The molecule has 5 rings (SSSR count). The molecule has 2 heterocycles. The van der Waals surface area contributed by atoms with E-state index in [9.17, 15) is 4.79 Å². The molecular weight excluding hydrogens is 464 g/mol. The number of nitrogens with zero attached hydrogens (tertiary/aromatic N) is 4. The molecule has 3 aromatic carbocycles. The van der Waals surface area contributed by atoms with Crippen LogP contribution in [0.4, 0.5) is 5.69 Å². The Balaban J connectivity index is 1.35. The summed E-state index contributed by atoms with van der Waals surface area (Å²) < 4.78 is 13.0. The van der Waals surface area contributed by atoms with Crippen molar-refractivity contribution in [2.75, 3.05) is 45.3 Å². The largest absolute Gasteiger partial charge is 0.497 e. The van der Waals surface area contributed by atoms with E-state index in [0.717, 1.165) is 54.4 Å². The van der Waals surface area contributed by atoms with Gasteiger partial charge in [-0.1, -0.05) is 36.4 Å². The smallest absolute Gasteiger partial charge is 0.223 e. The van der Waals surface area contributed by atoms with E-state index in [-0.39, 0.29) is 5.91 Å². The van der Waals surface area contributed by atoms with E-state index >= 15 is 0 Å². The molecule has 0 saturated carbocycles. The summed E-state index contributed by atoms with van der Waals surface area (Å²) in [4.78, 5) is 17.5. The van der Waals surface area contributed by atoms with Gasteiger partial charge in [-0.3, -0.25) is 4.79 Å². The minimum atomic E-state index is 0.170. The second kappa shape index (κ2) is 11.2. The summed E-state index contributed by atoms with van der Waals surface area (Å²) in [5, 5.41) is 4.92. The maximum Gasteiger partial charge on any atom is 0.223 e. The Morgan fingerprint density at radius 1 is 0.838 bits per heavy atom. The molecule has 190 valence electrons. The normalized spacial score (nSPS) is 13.5. The van der Waals surface area contributed by atoms with E-state index in [2.05, 4.69) is 29.2 Å². The molecule has 0 spiro atoms. The van der Waals surface area contributed by atoms with Gasteiger partial charge in [0.25, 0.3) is 0 Å². The third-order valence-electron chi connectivity index (χ3n) is 6.83.